The van der Waals surface area contributed by atoms with Crippen LogP contribution in [-0.2, 0) is 11.3 Å². The molecule has 0 heterocycles. The van der Waals surface area contributed by atoms with E-state index in [1.807, 2.05) is 0 Å². The minimum atomic E-state index is -0.464. The summed E-state index contributed by atoms with van der Waals surface area (Å²) >= 11 is 0. The molecule has 1 aliphatic carbocycles. The number of halogens is 1. The van der Waals surface area contributed by atoms with Gasteiger partial charge in [0.2, 0.25) is 0 Å². The van der Waals surface area contributed by atoms with Crippen molar-refractivity contribution < 1.29 is 14.3 Å². The van der Waals surface area contributed by atoms with Crippen LogP contribution in [0.15, 0.2) is 23.4 Å². The van der Waals surface area contributed by atoms with Crippen LogP contribution in [-0.4, -0.2) is 30.8 Å². The smallest absolute Gasteiger partial charge is 0.173 e. The minimum absolute atomic E-state index is 0.108. The summed E-state index contributed by atoms with van der Waals surface area (Å²) in [4.78, 5) is 0. The van der Waals surface area contributed by atoms with E-state index in [0.29, 0.717) is 25.3 Å². The molecule has 0 amide bonds. The van der Waals surface area contributed by atoms with Gasteiger partial charge in [0, 0.05) is 25.3 Å². The Hall–Kier alpha value is -1.66. The average Bonchev–Trinajstić information content (AvgIpc) is 3.27. The van der Waals surface area contributed by atoms with E-state index < -0.39 is 5.82 Å². The van der Waals surface area contributed by atoms with Crippen LogP contribution in [0.25, 0.3) is 0 Å². The van der Waals surface area contributed by atoms with Gasteiger partial charge in [-0.15, -0.1) is 0 Å². The van der Waals surface area contributed by atoms with Crippen LogP contribution < -0.4 is 11.1 Å². The van der Waals surface area contributed by atoms with Crippen molar-refractivity contribution >= 4 is 5.84 Å². The van der Waals surface area contributed by atoms with Gasteiger partial charge in [-0.2, -0.15) is 0 Å². The van der Waals surface area contributed by atoms with E-state index in [9.17, 15) is 4.39 Å². The normalized spacial score (nSPS) is 15.6. The van der Waals surface area contributed by atoms with Crippen molar-refractivity contribution in [1.29, 1.82) is 0 Å². The monoisotopic (exact) mass is 281 g/mol. The molecule has 4 N–H and O–H groups in total. The molecule has 1 aliphatic rings. The molecule has 1 aromatic rings. The van der Waals surface area contributed by atoms with Crippen LogP contribution in [0.1, 0.15) is 24.0 Å². The van der Waals surface area contributed by atoms with E-state index in [-0.39, 0.29) is 11.4 Å². The first-order valence-corrected chi connectivity index (χ1v) is 6.76. The summed E-state index contributed by atoms with van der Waals surface area (Å²) in [6, 6.07) is 4.82. The predicted octanol–water partition coefficient (Wildman–Crippen LogP) is 1.44. The predicted molar refractivity (Wildman–Crippen MR) is 74.2 cm³/mol. The molecule has 6 heteroatoms. The highest BCUT2D eigenvalue weighted by Gasteiger charge is 2.20. The molecule has 0 aromatic heterocycles. The Labute approximate surface area is 117 Å². The molecular weight excluding hydrogens is 261 g/mol. The van der Waals surface area contributed by atoms with Crippen LogP contribution in [0.3, 0.4) is 0 Å². The quantitative estimate of drug-likeness (QED) is 0.221. The number of amidine groups is 1. The van der Waals surface area contributed by atoms with Crippen molar-refractivity contribution in [1.82, 2.24) is 5.32 Å². The van der Waals surface area contributed by atoms with Crippen LogP contribution in [0.5, 0.6) is 0 Å². The molecule has 1 fully saturated rings. The largest absolute Gasteiger partial charge is 0.409 e. The SMILES string of the molecule is N/C(=N/O)c1cccc(CNCCOCC2CC2)c1F. The molecule has 0 saturated heterocycles. The lowest BCUT2D eigenvalue weighted by molar-refractivity contribution is 0.126. The lowest BCUT2D eigenvalue weighted by Gasteiger charge is -2.09. The molecule has 20 heavy (non-hydrogen) atoms. The highest BCUT2D eigenvalue weighted by Crippen LogP contribution is 2.28. The Balaban J connectivity index is 1.76. The molecule has 0 unspecified atom stereocenters. The fourth-order valence-electron chi connectivity index (χ4n) is 1.87. The summed E-state index contributed by atoms with van der Waals surface area (Å²) < 4.78 is 19.5. The maximum atomic E-state index is 14.1. The van der Waals surface area contributed by atoms with Gasteiger partial charge in [0.25, 0.3) is 0 Å². The van der Waals surface area contributed by atoms with Gasteiger partial charge in [-0.25, -0.2) is 4.39 Å². The minimum Gasteiger partial charge on any atom is -0.409 e. The van der Waals surface area contributed by atoms with Gasteiger partial charge in [0.05, 0.1) is 12.2 Å². The van der Waals surface area contributed by atoms with Crippen molar-refractivity contribution in [2.45, 2.75) is 19.4 Å². The molecule has 110 valence electrons. The standard InChI is InChI=1S/C14H20FN3O2/c15-13-11(2-1-3-12(13)14(16)18-19)8-17-6-7-20-9-10-4-5-10/h1-3,10,17,19H,4-9H2,(H2,16,18). The Bertz CT molecular complexity index is 475. The maximum Gasteiger partial charge on any atom is 0.173 e. The summed E-state index contributed by atoms with van der Waals surface area (Å²) in [6.07, 6.45) is 2.55. The van der Waals surface area contributed by atoms with Crippen LogP contribution in [0.2, 0.25) is 0 Å². The molecule has 0 aliphatic heterocycles. The zero-order chi connectivity index (χ0) is 14.4. The summed E-state index contributed by atoms with van der Waals surface area (Å²) in [5.74, 6) is 0.0659. The Morgan fingerprint density at radius 2 is 2.30 bits per heavy atom. The summed E-state index contributed by atoms with van der Waals surface area (Å²) in [5, 5.41) is 14.5. The number of hydrogen-bond donors (Lipinski definition) is 3. The Kier molecular flexibility index (Phi) is 5.31. The van der Waals surface area contributed by atoms with E-state index in [2.05, 4.69) is 10.5 Å². The third kappa shape index (κ3) is 4.18. The second-order valence-corrected chi connectivity index (χ2v) is 4.96. The fourth-order valence-corrected chi connectivity index (χ4v) is 1.87. The van der Waals surface area contributed by atoms with Crippen molar-refractivity contribution in [2.24, 2.45) is 16.8 Å². The topological polar surface area (TPSA) is 79.9 Å². The van der Waals surface area contributed by atoms with Crippen molar-refractivity contribution in [3.63, 3.8) is 0 Å². The van der Waals surface area contributed by atoms with Crippen molar-refractivity contribution in [3.8, 4) is 0 Å². The van der Waals surface area contributed by atoms with E-state index in [0.717, 1.165) is 12.5 Å². The van der Waals surface area contributed by atoms with Gasteiger partial charge in [0.1, 0.15) is 5.82 Å². The van der Waals surface area contributed by atoms with E-state index in [1.54, 1.807) is 12.1 Å². The van der Waals surface area contributed by atoms with E-state index >= 15 is 0 Å². The van der Waals surface area contributed by atoms with Gasteiger partial charge < -0.3 is 21.0 Å². The highest BCUT2D eigenvalue weighted by atomic mass is 19.1. The van der Waals surface area contributed by atoms with Gasteiger partial charge in [-0.3, -0.25) is 0 Å². The van der Waals surface area contributed by atoms with Crippen molar-refractivity contribution in [2.75, 3.05) is 19.8 Å². The summed E-state index contributed by atoms with van der Waals surface area (Å²) in [5.41, 5.74) is 6.00. The molecule has 1 saturated carbocycles. The summed E-state index contributed by atoms with van der Waals surface area (Å²) in [7, 11) is 0. The Morgan fingerprint density at radius 3 is 3.00 bits per heavy atom. The van der Waals surface area contributed by atoms with Gasteiger partial charge >= 0.3 is 0 Å². The number of nitrogens with zero attached hydrogens (tertiary/aromatic N) is 1. The van der Waals surface area contributed by atoms with E-state index in [4.69, 9.17) is 15.7 Å². The number of ether oxygens (including phenoxy) is 1. The number of nitrogens with one attached hydrogen (secondary N) is 1. The second kappa shape index (κ2) is 7.21. The number of rotatable bonds is 8. The first kappa shape index (κ1) is 14.7. The highest BCUT2D eigenvalue weighted by molar-refractivity contribution is 5.97. The van der Waals surface area contributed by atoms with E-state index in [1.165, 1.54) is 18.9 Å². The average molecular weight is 281 g/mol. The van der Waals surface area contributed by atoms with Gasteiger partial charge in [-0.05, 0) is 24.8 Å². The first-order chi connectivity index (χ1) is 9.72. The van der Waals surface area contributed by atoms with Gasteiger partial charge in [0.15, 0.2) is 5.84 Å². The second-order valence-electron chi connectivity index (χ2n) is 4.96. The van der Waals surface area contributed by atoms with Gasteiger partial charge in [-0.1, -0.05) is 17.3 Å². The number of oxime groups is 1. The third-order valence-corrected chi connectivity index (χ3v) is 3.25. The van der Waals surface area contributed by atoms with Crippen LogP contribution in [0.4, 0.5) is 4.39 Å². The summed E-state index contributed by atoms with van der Waals surface area (Å²) in [6.45, 7) is 2.50. The molecule has 2 rings (SSSR count). The molecule has 0 radical (unpaired) electrons. The molecule has 0 atom stereocenters. The number of hydrogen-bond acceptors (Lipinski definition) is 4. The molecule has 5 nitrogen and oxygen atoms in total. The van der Waals surface area contributed by atoms with Crippen LogP contribution in [0, 0.1) is 11.7 Å². The maximum absolute atomic E-state index is 14.1. The zero-order valence-electron chi connectivity index (χ0n) is 11.3. The first-order valence-electron chi connectivity index (χ1n) is 6.76. The number of nitrogens with two attached hydrogens (primary N) is 1. The lowest BCUT2D eigenvalue weighted by Crippen LogP contribution is -2.22. The lowest BCUT2D eigenvalue weighted by atomic mass is 10.1. The Morgan fingerprint density at radius 1 is 1.50 bits per heavy atom. The molecule has 0 spiro atoms. The molecule has 1 aromatic carbocycles. The molecular formula is C14H20FN3O2. The zero-order valence-corrected chi connectivity index (χ0v) is 11.3. The fraction of sp³-hybridized carbons (Fsp3) is 0.500. The van der Waals surface area contributed by atoms with Crippen molar-refractivity contribution in [3.05, 3.63) is 35.1 Å². The third-order valence-electron chi connectivity index (χ3n) is 3.25. The number of benzene rings is 1. The molecule has 0 bridgehead atoms. The van der Waals surface area contributed by atoms with Crippen LogP contribution >= 0.6 is 0 Å².